The van der Waals surface area contributed by atoms with Gasteiger partial charge in [0.1, 0.15) is 17.9 Å². The van der Waals surface area contributed by atoms with Gasteiger partial charge in [-0.2, -0.15) is 0 Å². The van der Waals surface area contributed by atoms with Crippen molar-refractivity contribution in [1.29, 1.82) is 0 Å². The summed E-state index contributed by atoms with van der Waals surface area (Å²) in [6.07, 6.45) is 7.53. The zero-order valence-corrected chi connectivity index (χ0v) is 29.7. The van der Waals surface area contributed by atoms with E-state index in [1.807, 2.05) is 36.4 Å². The molecule has 13 nitrogen and oxygen atoms in total. The molecule has 0 bridgehead atoms. The maximum atomic E-state index is 14.4. The van der Waals surface area contributed by atoms with Crippen molar-refractivity contribution in [2.75, 3.05) is 11.4 Å². The van der Waals surface area contributed by atoms with Crippen LogP contribution in [0.25, 0.3) is 6.08 Å². The number of nitrogens with zero attached hydrogens (tertiary/aromatic N) is 3. The average Bonchev–Trinajstić information content (AvgIpc) is 3.73. The maximum Gasteiger partial charge on any atom is 0.352 e. The molecule has 2 aromatic carbocycles. The van der Waals surface area contributed by atoms with Gasteiger partial charge in [-0.15, -0.1) is 0 Å². The van der Waals surface area contributed by atoms with Crippen LogP contribution in [0.1, 0.15) is 75.0 Å². The number of carboxylic acids is 2. The number of aliphatic carboxylic acids is 2. The Bertz CT molecular complexity index is 1820. The first-order valence-electron chi connectivity index (χ1n) is 17.9. The van der Waals surface area contributed by atoms with Gasteiger partial charge >= 0.3 is 11.9 Å². The molecule has 2 aliphatic rings. The summed E-state index contributed by atoms with van der Waals surface area (Å²) in [6, 6.07) is 18.9. The van der Waals surface area contributed by atoms with Crippen molar-refractivity contribution in [3.05, 3.63) is 102 Å². The summed E-state index contributed by atoms with van der Waals surface area (Å²) in [5, 5.41) is 24.8. The molecule has 0 radical (unpaired) electrons. The number of carbonyl (C=O) groups excluding carboxylic acids is 4. The number of hydrogen-bond acceptors (Lipinski definition) is 7. The van der Waals surface area contributed by atoms with Gasteiger partial charge in [0, 0.05) is 44.4 Å². The smallest absolute Gasteiger partial charge is 0.352 e. The zero-order chi connectivity index (χ0) is 38.0. The zero-order valence-electron chi connectivity index (χ0n) is 29.7. The van der Waals surface area contributed by atoms with Gasteiger partial charge in [0.05, 0.1) is 11.8 Å². The summed E-state index contributed by atoms with van der Waals surface area (Å²) >= 11 is 0. The minimum Gasteiger partial charge on any atom is -0.481 e. The standard InChI is InChI=1S/C40H45N5O8/c1-27(46)42-23-21-40(19-5-6-20-40)39(53)43-32(38(51)52)24-29-11-14-31(15-12-29)44-34(16-13-28-8-3-2-4-9-28)45(35(47)17-18-36(48)49)33(37(44)50)25-30-10-7-22-41-26-30/h2-4,7-12,14-15,22,24,26,33-34H,5-6,13,16-21,23,25H2,1H3,(H,42,46)(H,43,53)(H,48,49)(H,51,52)/b32-24-. The number of aromatic nitrogens is 1. The Balaban J connectivity index is 1.44. The third kappa shape index (κ3) is 9.73. The summed E-state index contributed by atoms with van der Waals surface area (Å²) in [6.45, 7) is 1.71. The molecular formula is C40H45N5O8. The number of rotatable bonds is 16. The number of benzene rings is 2. The molecular weight excluding hydrogens is 678 g/mol. The lowest BCUT2D eigenvalue weighted by Gasteiger charge is -2.32. The highest BCUT2D eigenvalue weighted by atomic mass is 16.4. The minimum atomic E-state index is -1.32. The van der Waals surface area contributed by atoms with E-state index in [1.165, 1.54) is 17.9 Å². The van der Waals surface area contributed by atoms with Crippen molar-refractivity contribution in [3.63, 3.8) is 0 Å². The minimum absolute atomic E-state index is 0.179. The summed E-state index contributed by atoms with van der Waals surface area (Å²) in [7, 11) is 0. The van der Waals surface area contributed by atoms with E-state index in [9.17, 15) is 39.0 Å². The normalized spacial score (nSPS) is 18.1. The lowest BCUT2D eigenvalue weighted by Crippen LogP contribution is -2.45. The fourth-order valence-electron chi connectivity index (χ4n) is 7.30. The van der Waals surface area contributed by atoms with E-state index in [1.54, 1.807) is 47.6 Å². The fourth-order valence-corrected chi connectivity index (χ4v) is 7.30. The highest BCUT2D eigenvalue weighted by molar-refractivity contribution is 6.04. The molecule has 278 valence electrons. The van der Waals surface area contributed by atoms with Crippen LogP contribution < -0.4 is 15.5 Å². The van der Waals surface area contributed by atoms with Gasteiger partial charge in [-0.1, -0.05) is 61.4 Å². The van der Waals surface area contributed by atoms with Gasteiger partial charge in [0.2, 0.25) is 17.7 Å². The lowest BCUT2D eigenvalue weighted by molar-refractivity contribution is -0.142. The number of amides is 4. The van der Waals surface area contributed by atoms with E-state index in [4.69, 9.17) is 0 Å². The van der Waals surface area contributed by atoms with Crippen LogP contribution in [0, 0.1) is 5.41 Å². The number of aryl methyl sites for hydroxylation is 1. The average molecular weight is 724 g/mol. The summed E-state index contributed by atoms with van der Waals surface area (Å²) in [5.41, 5.74) is 1.58. The first kappa shape index (κ1) is 38.4. The van der Waals surface area contributed by atoms with Crippen molar-refractivity contribution in [1.82, 2.24) is 20.5 Å². The Morgan fingerprint density at radius 1 is 0.925 bits per heavy atom. The SMILES string of the molecule is CC(=O)NCCC1(C(=O)N/C(=C\c2ccc(N3C(=O)C(Cc4cccnc4)N(C(=O)CCC(=O)O)C3CCc3ccccc3)cc2)C(=O)O)CCCC1. The van der Waals surface area contributed by atoms with E-state index in [2.05, 4.69) is 15.6 Å². The van der Waals surface area contributed by atoms with Gasteiger partial charge in [0.15, 0.2) is 0 Å². The van der Waals surface area contributed by atoms with Crippen molar-refractivity contribution in [3.8, 4) is 0 Å². The second-order valence-corrected chi connectivity index (χ2v) is 13.6. The molecule has 1 aliphatic heterocycles. The third-order valence-corrected chi connectivity index (χ3v) is 9.98. The van der Waals surface area contributed by atoms with Gasteiger partial charge in [-0.05, 0) is 73.1 Å². The van der Waals surface area contributed by atoms with Gasteiger partial charge in [-0.3, -0.25) is 33.9 Å². The number of pyridine rings is 1. The van der Waals surface area contributed by atoms with Gasteiger partial charge in [-0.25, -0.2) is 4.79 Å². The Morgan fingerprint density at radius 3 is 2.25 bits per heavy atom. The molecule has 2 unspecified atom stereocenters. The second kappa shape index (κ2) is 17.6. The molecule has 13 heteroatoms. The molecule has 1 saturated heterocycles. The Labute approximate surface area is 308 Å². The molecule has 4 N–H and O–H groups in total. The monoisotopic (exact) mass is 723 g/mol. The maximum absolute atomic E-state index is 14.4. The molecule has 5 rings (SSSR count). The number of nitrogens with one attached hydrogen (secondary N) is 2. The topological polar surface area (TPSA) is 186 Å². The number of carbonyl (C=O) groups is 6. The van der Waals surface area contributed by atoms with E-state index in [0.29, 0.717) is 49.9 Å². The van der Waals surface area contributed by atoms with Crippen molar-refractivity contribution in [2.45, 2.75) is 83.3 Å². The molecule has 2 fully saturated rings. The van der Waals surface area contributed by atoms with Gasteiger partial charge < -0.3 is 25.7 Å². The number of hydrogen-bond donors (Lipinski definition) is 4. The van der Waals surface area contributed by atoms with Crippen LogP contribution >= 0.6 is 0 Å². The summed E-state index contributed by atoms with van der Waals surface area (Å²) in [4.78, 5) is 84.1. The van der Waals surface area contributed by atoms with E-state index >= 15 is 0 Å². The highest BCUT2D eigenvalue weighted by Crippen LogP contribution is 2.41. The Hall–Kier alpha value is -5.85. The summed E-state index contributed by atoms with van der Waals surface area (Å²) < 4.78 is 0. The van der Waals surface area contributed by atoms with Crippen LogP contribution in [-0.2, 0) is 41.6 Å². The Kier molecular flexibility index (Phi) is 12.7. The number of carboxylic acid groups (broad SMARTS) is 2. The van der Waals surface area contributed by atoms with Crippen LogP contribution in [0.4, 0.5) is 5.69 Å². The van der Waals surface area contributed by atoms with Crippen LogP contribution in [0.5, 0.6) is 0 Å². The predicted octanol–water partition coefficient (Wildman–Crippen LogP) is 4.32. The van der Waals surface area contributed by atoms with E-state index < -0.39 is 41.4 Å². The molecule has 0 spiro atoms. The Morgan fingerprint density at radius 2 is 1.62 bits per heavy atom. The highest BCUT2D eigenvalue weighted by Gasteiger charge is 2.48. The van der Waals surface area contributed by atoms with Crippen LogP contribution in [0.15, 0.2) is 84.8 Å². The molecule has 1 aromatic heterocycles. The molecule has 3 aromatic rings. The molecule has 1 aliphatic carbocycles. The van der Waals surface area contributed by atoms with Crippen LogP contribution in [0.3, 0.4) is 0 Å². The van der Waals surface area contributed by atoms with Crippen LogP contribution in [0.2, 0.25) is 0 Å². The van der Waals surface area contributed by atoms with Crippen molar-refractivity contribution in [2.24, 2.45) is 5.41 Å². The summed E-state index contributed by atoms with van der Waals surface area (Å²) in [5.74, 6) is -3.82. The largest absolute Gasteiger partial charge is 0.481 e. The fraction of sp³-hybridized carbons (Fsp3) is 0.375. The first-order chi connectivity index (χ1) is 25.5. The van der Waals surface area contributed by atoms with Crippen LogP contribution in [-0.4, -0.2) is 74.4 Å². The first-order valence-corrected chi connectivity index (χ1v) is 17.9. The van der Waals surface area contributed by atoms with E-state index in [-0.39, 0.29) is 36.8 Å². The molecule has 2 heterocycles. The van der Waals surface area contributed by atoms with E-state index in [0.717, 1.165) is 24.0 Å². The molecule has 53 heavy (non-hydrogen) atoms. The molecule has 2 atom stereocenters. The quantitative estimate of drug-likeness (QED) is 0.156. The predicted molar refractivity (Wildman–Crippen MR) is 196 cm³/mol. The molecule has 1 saturated carbocycles. The van der Waals surface area contributed by atoms with Crippen molar-refractivity contribution < 1.29 is 39.0 Å². The second-order valence-electron chi connectivity index (χ2n) is 13.6. The third-order valence-electron chi connectivity index (χ3n) is 9.98. The van der Waals surface area contributed by atoms with Gasteiger partial charge in [0.25, 0.3) is 5.91 Å². The van der Waals surface area contributed by atoms with Crippen molar-refractivity contribution >= 4 is 47.3 Å². The number of anilines is 1. The molecule has 4 amide bonds. The lowest BCUT2D eigenvalue weighted by atomic mass is 9.81.